The number of aromatic amines is 1. The largest absolute Gasteiger partial charge is 0.438 e. The van der Waals surface area contributed by atoms with Crippen LogP contribution in [0.4, 0.5) is 0 Å². The zero-order valence-electron chi connectivity index (χ0n) is 18.1. The van der Waals surface area contributed by atoms with Crippen molar-refractivity contribution in [2.24, 2.45) is 0 Å². The van der Waals surface area contributed by atoms with Crippen molar-refractivity contribution in [3.63, 3.8) is 0 Å². The Morgan fingerprint density at radius 3 is 2.39 bits per heavy atom. The zero-order chi connectivity index (χ0) is 21.5. The van der Waals surface area contributed by atoms with E-state index >= 15 is 0 Å². The molecule has 0 radical (unpaired) electrons. The first kappa shape index (κ1) is 19.1. The summed E-state index contributed by atoms with van der Waals surface area (Å²) in [7, 11) is 0. The van der Waals surface area contributed by atoms with Crippen LogP contribution in [0.15, 0.2) is 66.7 Å². The van der Waals surface area contributed by atoms with E-state index in [1.54, 1.807) is 0 Å². The lowest BCUT2D eigenvalue weighted by molar-refractivity contribution is 0.442. The number of rotatable bonds is 4. The van der Waals surface area contributed by atoms with Crippen LogP contribution in [-0.4, -0.2) is 19.7 Å². The van der Waals surface area contributed by atoms with E-state index in [-0.39, 0.29) is 0 Å². The number of hydrogen-bond acceptors (Lipinski definition) is 3. The molecule has 5 aromatic rings. The lowest BCUT2D eigenvalue weighted by Crippen LogP contribution is -2.01. The number of benzene rings is 3. The molecule has 31 heavy (non-hydrogen) atoms. The second-order valence-electron chi connectivity index (χ2n) is 7.99. The van der Waals surface area contributed by atoms with E-state index in [1.165, 1.54) is 5.56 Å². The molecule has 0 saturated heterocycles. The van der Waals surface area contributed by atoms with Crippen molar-refractivity contribution in [3.05, 3.63) is 89.1 Å². The highest BCUT2D eigenvalue weighted by Gasteiger charge is 2.23. The van der Waals surface area contributed by atoms with Crippen LogP contribution >= 0.6 is 0 Å². The number of aromatic nitrogens is 4. The highest BCUT2D eigenvalue weighted by molar-refractivity contribution is 5.82. The number of imidazole rings is 1. The van der Waals surface area contributed by atoms with Crippen LogP contribution in [0.1, 0.15) is 22.4 Å². The van der Waals surface area contributed by atoms with Crippen molar-refractivity contribution < 1.29 is 4.74 Å². The zero-order valence-corrected chi connectivity index (χ0v) is 18.1. The number of fused-ring (bicyclic) bond motifs is 1. The Bertz CT molecular complexity index is 1400. The van der Waals surface area contributed by atoms with Crippen LogP contribution in [0.2, 0.25) is 0 Å². The molecule has 0 unspecified atom stereocenters. The quantitative estimate of drug-likeness (QED) is 0.372. The molecular weight excluding hydrogens is 384 g/mol. The van der Waals surface area contributed by atoms with E-state index in [2.05, 4.69) is 56.1 Å². The van der Waals surface area contributed by atoms with Gasteiger partial charge in [-0.3, -0.25) is 0 Å². The van der Waals surface area contributed by atoms with Gasteiger partial charge in [0.2, 0.25) is 5.88 Å². The molecule has 5 nitrogen and oxygen atoms in total. The summed E-state index contributed by atoms with van der Waals surface area (Å²) in [6.07, 6.45) is 0. The first-order valence-corrected chi connectivity index (χ1v) is 10.4. The van der Waals surface area contributed by atoms with Gasteiger partial charge in [-0.2, -0.15) is 9.78 Å². The van der Waals surface area contributed by atoms with E-state index in [0.717, 1.165) is 50.7 Å². The minimum Gasteiger partial charge on any atom is -0.438 e. The van der Waals surface area contributed by atoms with Crippen LogP contribution in [-0.2, 0) is 0 Å². The molecule has 2 aromatic heterocycles. The van der Waals surface area contributed by atoms with Gasteiger partial charge in [0, 0.05) is 0 Å². The summed E-state index contributed by atoms with van der Waals surface area (Å²) >= 11 is 0. The highest BCUT2D eigenvalue weighted by Crippen LogP contribution is 2.38. The molecule has 0 spiro atoms. The van der Waals surface area contributed by atoms with Crippen molar-refractivity contribution in [1.82, 2.24) is 19.7 Å². The lowest BCUT2D eigenvalue weighted by atomic mass is 10.1. The minimum atomic E-state index is 0.646. The fraction of sp³-hybridized carbons (Fsp3) is 0.154. The molecule has 0 aliphatic carbocycles. The number of aryl methyl sites for hydroxylation is 4. The maximum absolute atomic E-state index is 6.54. The molecule has 0 bridgehead atoms. The van der Waals surface area contributed by atoms with Gasteiger partial charge < -0.3 is 9.72 Å². The lowest BCUT2D eigenvalue weighted by Gasteiger charge is -2.13. The van der Waals surface area contributed by atoms with E-state index in [1.807, 2.05) is 48.0 Å². The number of ether oxygens (including phenoxy) is 1. The average molecular weight is 409 g/mol. The summed E-state index contributed by atoms with van der Waals surface area (Å²) in [5.74, 6) is 2.21. The molecule has 2 heterocycles. The van der Waals surface area contributed by atoms with Crippen LogP contribution in [0, 0.1) is 27.7 Å². The van der Waals surface area contributed by atoms with E-state index in [0.29, 0.717) is 5.88 Å². The van der Waals surface area contributed by atoms with Crippen molar-refractivity contribution in [1.29, 1.82) is 0 Å². The van der Waals surface area contributed by atoms with Crippen LogP contribution in [0.5, 0.6) is 11.6 Å². The predicted octanol–water partition coefficient (Wildman–Crippen LogP) is 6.44. The average Bonchev–Trinajstić information content (AvgIpc) is 3.31. The highest BCUT2D eigenvalue weighted by atomic mass is 16.5. The fourth-order valence-electron chi connectivity index (χ4n) is 3.78. The van der Waals surface area contributed by atoms with Gasteiger partial charge in [0.05, 0.1) is 22.4 Å². The van der Waals surface area contributed by atoms with Gasteiger partial charge in [-0.05, 0) is 74.7 Å². The van der Waals surface area contributed by atoms with Crippen molar-refractivity contribution in [2.75, 3.05) is 0 Å². The van der Waals surface area contributed by atoms with Gasteiger partial charge >= 0.3 is 0 Å². The third-order valence-corrected chi connectivity index (χ3v) is 5.44. The molecule has 0 atom stereocenters. The Balaban J connectivity index is 1.73. The number of hydrogen-bond donors (Lipinski definition) is 1. The second-order valence-corrected chi connectivity index (χ2v) is 7.99. The standard InChI is InChI=1S/C26H24N4O/c1-16-11-13-21-22(14-16)28-25(27-21)24-19(4)29-30(20-8-6-5-7-9-20)26(24)31-23-15-17(2)10-12-18(23)3/h5-15H,1-4H3,(H,27,28). The van der Waals surface area contributed by atoms with Crippen molar-refractivity contribution >= 4 is 11.0 Å². The third-order valence-electron chi connectivity index (χ3n) is 5.44. The molecule has 5 heteroatoms. The molecular formula is C26H24N4O. The molecule has 5 rings (SSSR count). The van der Waals surface area contributed by atoms with Gasteiger partial charge in [-0.15, -0.1) is 0 Å². The molecule has 1 N–H and O–H groups in total. The number of nitrogens with zero attached hydrogens (tertiary/aromatic N) is 3. The smallest absolute Gasteiger partial charge is 0.233 e. The first-order chi connectivity index (χ1) is 15.0. The summed E-state index contributed by atoms with van der Waals surface area (Å²) in [4.78, 5) is 8.31. The molecule has 0 saturated carbocycles. The number of para-hydroxylation sites is 1. The Hall–Kier alpha value is -3.86. The third kappa shape index (κ3) is 3.48. The van der Waals surface area contributed by atoms with E-state index in [9.17, 15) is 0 Å². The summed E-state index contributed by atoms with van der Waals surface area (Å²) in [5.41, 5.74) is 7.96. The van der Waals surface area contributed by atoms with E-state index in [4.69, 9.17) is 14.8 Å². The Morgan fingerprint density at radius 1 is 0.839 bits per heavy atom. The molecule has 154 valence electrons. The minimum absolute atomic E-state index is 0.646. The first-order valence-electron chi connectivity index (χ1n) is 10.4. The van der Waals surface area contributed by atoms with Crippen molar-refractivity contribution in [3.8, 4) is 28.7 Å². The molecule has 0 fully saturated rings. The van der Waals surface area contributed by atoms with Gasteiger partial charge in [-0.25, -0.2) is 4.98 Å². The predicted molar refractivity (Wildman–Crippen MR) is 124 cm³/mol. The van der Waals surface area contributed by atoms with E-state index < -0.39 is 0 Å². The van der Waals surface area contributed by atoms with Crippen LogP contribution in [0.3, 0.4) is 0 Å². The monoisotopic (exact) mass is 408 g/mol. The van der Waals surface area contributed by atoms with Crippen LogP contribution in [0.25, 0.3) is 28.1 Å². The SMILES string of the molecule is Cc1ccc(C)c(Oc2c(-c3nc4ccc(C)cc4[nH]3)c(C)nn2-c2ccccc2)c1. The molecule has 0 aliphatic rings. The van der Waals surface area contributed by atoms with Gasteiger partial charge in [0.25, 0.3) is 0 Å². The van der Waals surface area contributed by atoms with Gasteiger partial charge in [-0.1, -0.05) is 36.4 Å². The van der Waals surface area contributed by atoms with Crippen LogP contribution < -0.4 is 4.74 Å². The normalized spacial score (nSPS) is 11.2. The Kier molecular flexibility index (Phi) is 4.59. The number of H-pyrrole nitrogens is 1. The van der Waals surface area contributed by atoms with Gasteiger partial charge in [0.1, 0.15) is 17.1 Å². The Labute approximate surface area is 181 Å². The summed E-state index contributed by atoms with van der Waals surface area (Å²) < 4.78 is 8.39. The van der Waals surface area contributed by atoms with Crippen molar-refractivity contribution in [2.45, 2.75) is 27.7 Å². The summed E-state index contributed by atoms with van der Waals surface area (Å²) in [5, 5.41) is 4.82. The number of nitrogens with one attached hydrogen (secondary N) is 1. The molecule has 0 aliphatic heterocycles. The fourth-order valence-corrected chi connectivity index (χ4v) is 3.78. The maximum Gasteiger partial charge on any atom is 0.233 e. The van der Waals surface area contributed by atoms with Gasteiger partial charge in [0.15, 0.2) is 0 Å². The summed E-state index contributed by atoms with van der Waals surface area (Å²) in [6.45, 7) is 8.18. The molecule has 3 aromatic carbocycles. The topological polar surface area (TPSA) is 55.7 Å². The maximum atomic E-state index is 6.54. The second kappa shape index (κ2) is 7.43. The summed E-state index contributed by atoms with van der Waals surface area (Å²) in [6, 6.07) is 22.5. The Morgan fingerprint density at radius 2 is 1.58 bits per heavy atom. The molecule has 0 amide bonds.